The summed E-state index contributed by atoms with van der Waals surface area (Å²) in [6.07, 6.45) is 2.38. The fraction of sp³-hybridized carbons (Fsp3) is 0. The van der Waals surface area contributed by atoms with Gasteiger partial charge in [0.05, 0.1) is 9.85 Å². The van der Waals surface area contributed by atoms with Gasteiger partial charge in [-0.2, -0.15) is 16.8 Å². The van der Waals surface area contributed by atoms with Crippen LogP contribution in [0.5, 0.6) is 11.5 Å². The predicted octanol–water partition coefficient (Wildman–Crippen LogP) is 5.21. The molecule has 0 spiro atoms. The van der Waals surface area contributed by atoms with Crippen molar-refractivity contribution in [1.29, 1.82) is 0 Å². The third-order valence-electron chi connectivity index (χ3n) is 5.30. The van der Waals surface area contributed by atoms with E-state index in [0.29, 0.717) is 0 Å². The fourth-order valence-electron chi connectivity index (χ4n) is 3.46. The van der Waals surface area contributed by atoms with Gasteiger partial charge in [-0.1, -0.05) is 48.6 Å². The van der Waals surface area contributed by atoms with E-state index >= 15 is 0 Å². The van der Waals surface area contributed by atoms with Crippen LogP contribution in [-0.2, 0) is 20.2 Å². The van der Waals surface area contributed by atoms with Crippen molar-refractivity contribution >= 4 is 43.8 Å². The number of nitro benzene ring substituents is 2. The molecule has 0 unspecified atom stereocenters. The molecule has 0 atom stereocenters. The lowest BCUT2D eigenvalue weighted by molar-refractivity contribution is -0.385. The summed E-state index contributed by atoms with van der Waals surface area (Å²) in [6, 6.07) is 21.0. The molecule has 0 aliphatic rings. The molecule has 0 aliphatic carbocycles. The van der Waals surface area contributed by atoms with Crippen LogP contribution in [0.4, 0.5) is 11.4 Å². The lowest BCUT2D eigenvalue weighted by atomic mass is 10.1. The summed E-state index contributed by atoms with van der Waals surface area (Å²) < 4.78 is 62.6. The number of non-ortho nitro benzene ring substituents is 2. The average molecular weight is 583 g/mol. The Morgan fingerprint density at radius 1 is 0.550 bits per heavy atom. The highest BCUT2D eigenvalue weighted by Crippen LogP contribution is 2.30. The van der Waals surface area contributed by atoms with Gasteiger partial charge in [0.2, 0.25) is 0 Å². The highest BCUT2D eigenvalue weighted by atomic mass is 32.2. The minimum atomic E-state index is -4.59. The zero-order valence-corrected chi connectivity index (χ0v) is 21.8. The van der Waals surface area contributed by atoms with E-state index in [-0.39, 0.29) is 22.6 Å². The quantitative estimate of drug-likeness (QED) is 0.104. The summed E-state index contributed by atoms with van der Waals surface area (Å²) >= 11 is 0. The largest absolute Gasteiger partial charge is 0.379 e. The van der Waals surface area contributed by atoms with E-state index in [1.165, 1.54) is 60.7 Å². The van der Waals surface area contributed by atoms with Gasteiger partial charge in [-0.05, 0) is 47.5 Å². The molecule has 0 radical (unpaired) electrons. The number of rotatable bonds is 10. The molecule has 0 heterocycles. The first-order valence-electron chi connectivity index (χ1n) is 11.2. The van der Waals surface area contributed by atoms with Crippen LogP contribution in [0.2, 0.25) is 0 Å². The molecular formula is C26H18N2O10S2. The molecule has 12 nitrogen and oxygen atoms in total. The maximum atomic E-state index is 13.1. The molecule has 0 saturated carbocycles. The molecule has 0 N–H and O–H groups in total. The first-order chi connectivity index (χ1) is 19.0. The molecule has 4 aromatic carbocycles. The Kier molecular flexibility index (Phi) is 7.93. The third-order valence-corrected chi connectivity index (χ3v) is 7.90. The van der Waals surface area contributed by atoms with Crippen molar-refractivity contribution < 1.29 is 35.0 Å². The molecular weight excluding hydrogens is 564 g/mol. The Hall–Kier alpha value is -5.08. The summed E-state index contributed by atoms with van der Waals surface area (Å²) in [5.74, 6) is -0.0727. The molecule has 0 saturated heterocycles. The molecule has 0 bridgehead atoms. The number of hydrogen-bond donors (Lipinski definition) is 0. The molecule has 0 aromatic heterocycles. The maximum absolute atomic E-state index is 13.1. The Labute approximate surface area is 228 Å². The van der Waals surface area contributed by atoms with E-state index < -0.39 is 51.2 Å². The lowest BCUT2D eigenvalue weighted by Crippen LogP contribution is -2.12. The summed E-state index contributed by atoms with van der Waals surface area (Å²) in [5.41, 5.74) is -1.20. The number of benzene rings is 4. The number of nitrogens with zero attached hydrogens (tertiary/aromatic N) is 2. The Balaban J connectivity index is 1.80. The summed E-state index contributed by atoms with van der Waals surface area (Å²) in [6.45, 7) is 0. The molecule has 0 aliphatic heterocycles. The van der Waals surface area contributed by atoms with Crippen molar-refractivity contribution in [2.45, 2.75) is 9.79 Å². The topological polar surface area (TPSA) is 173 Å². The molecule has 0 fully saturated rings. The number of hydrogen-bond acceptors (Lipinski definition) is 10. The molecule has 14 heteroatoms. The van der Waals surface area contributed by atoms with Crippen LogP contribution in [0.25, 0.3) is 12.2 Å². The highest BCUT2D eigenvalue weighted by Gasteiger charge is 2.26. The van der Waals surface area contributed by atoms with Crippen molar-refractivity contribution in [2.75, 3.05) is 0 Å². The van der Waals surface area contributed by atoms with Gasteiger partial charge >= 0.3 is 20.2 Å². The Morgan fingerprint density at radius 3 is 1.23 bits per heavy atom. The van der Waals surface area contributed by atoms with Crippen LogP contribution in [0.15, 0.2) is 107 Å². The van der Waals surface area contributed by atoms with Gasteiger partial charge in [0.15, 0.2) is 0 Å². The average Bonchev–Trinajstić information content (AvgIpc) is 2.92. The van der Waals surface area contributed by atoms with Crippen molar-refractivity contribution in [3.05, 3.63) is 128 Å². The van der Waals surface area contributed by atoms with Crippen LogP contribution >= 0.6 is 0 Å². The van der Waals surface area contributed by atoms with Crippen molar-refractivity contribution in [1.82, 2.24) is 0 Å². The van der Waals surface area contributed by atoms with E-state index in [4.69, 9.17) is 8.37 Å². The van der Waals surface area contributed by atoms with Crippen LogP contribution in [0.3, 0.4) is 0 Å². The molecule has 0 amide bonds. The summed E-state index contributed by atoms with van der Waals surface area (Å²) in [7, 11) is -9.18. The van der Waals surface area contributed by atoms with E-state index in [0.717, 1.165) is 36.4 Å². The van der Waals surface area contributed by atoms with Crippen LogP contribution in [0.1, 0.15) is 11.1 Å². The maximum Gasteiger partial charge on any atom is 0.340 e. The smallest absolute Gasteiger partial charge is 0.340 e. The Bertz CT molecular complexity index is 1690. The van der Waals surface area contributed by atoms with Gasteiger partial charge < -0.3 is 8.37 Å². The second-order valence-electron chi connectivity index (χ2n) is 7.99. The van der Waals surface area contributed by atoms with Gasteiger partial charge in [-0.3, -0.25) is 20.2 Å². The van der Waals surface area contributed by atoms with Gasteiger partial charge in [0.25, 0.3) is 11.4 Å². The fourth-order valence-corrected chi connectivity index (χ4v) is 5.74. The minimum absolute atomic E-state index is 0.0363. The minimum Gasteiger partial charge on any atom is -0.379 e. The van der Waals surface area contributed by atoms with Crippen molar-refractivity contribution in [3.63, 3.8) is 0 Å². The Morgan fingerprint density at radius 2 is 0.900 bits per heavy atom. The highest BCUT2D eigenvalue weighted by molar-refractivity contribution is 7.87. The summed E-state index contributed by atoms with van der Waals surface area (Å²) in [5, 5.41) is 22.7. The van der Waals surface area contributed by atoms with E-state index in [1.807, 2.05) is 0 Å². The molecule has 204 valence electrons. The monoisotopic (exact) mass is 582 g/mol. The van der Waals surface area contributed by atoms with E-state index in [9.17, 15) is 37.1 Å². The van der Waals surface area contributed by atoms with Crippen molar-refractivity contribution in [2.24, 2.45) is 0 Å². The van der Waals surface area contributed by atoms with Crippen LogP contribution in [-0.4, -0.2) is 26.7 Å². The van der Waals surface area contributed by atoms with Crippen molar-refractivity contribution in [3.8, 4) is 11.5 Å². The van der Waals surface area contributed by atoms with Gasteiger partial charge in [-0.15, -0.1) is 0 Å². The van der Waals surface area contributed by atoms with Gasteiger partial charge in [-0.25, -0.2) is 0 Å². The first-order valence-corrected chi connectivity index (χ1v) is 14.0. The third kappa shape index (κ3) is 6.48. The normalized spacial score (nSPS) is 11.7. The van der Waals surface area contributed by atoms with Crippen LogP contribution < -0.4 is 8.37 Å². The van der Waals surface area contributed by atoms with Gasteiger partial charge in [0.1, 0.15) is 21.3 Å². The molecule has 4 rings (SSSR count). The van der Waals surface area contributed by atoms with Gasteiger partial charge in [0, 0.05) is 24.3 Å². The SMILES string of the molecule is O=[N+]([O-])c1ccc(C=Cc2ccc([N+](=O)[O-])cc2S(=O)(=O)Oc2ccccc2)c(S(=O)(=O)Oc2ccccc2)c1. The first kappa shape index (κ1) is 27.9. The lowest BCUT2D eigenvalue weighted by Gasteiger charge is -2.11. The van der Waals surface area contributed by atoms with E-state index in [1.54, 1.807) is 12.1 Å². The zero-order chi connectivity index (χ0) is 28.9. The standard InChI is InChI=1S/C26H18N2O10S2/c29-27(30)21-15-13-19(25(17-21)39(33,34)37-23-7-3-1-4-8-23)11-12-20-14-16-22(28(31)32)18-26(20)40(35,36)38-24-9-5-2-6-10-24/h1-18H. The second-order valence-corrected chi connectivity index (χ2v) is 11.0. The zero-order valence-electron chi connectivity index (χ0n) is 20.2. The van der Waals surface area contributed by atoms with E-state index in [2.05, 4.69) is 0 Å². The predicted molar refractivity (Wildman–Crippen MR) is 144 cm³/mol. The number of nitro groups is 2. The second kappa shape index (κ2) is 11.3. The molecule has 40 heavy (non-hydrogen) atoms. The number of para-hydroxylation sites is 2. The molecule has 4 aromatic rings. The van der Waals surface area contributed by atoms with Crippen LogP contribution in [0, 0.1) is 20.2 Å². The summed E-state index contributed by atoms with van der Waals surface area (Å²) in [4.78, 5) is 20.0.